The Morgan fingerprint density at radius 1 is 1.28 bits per heavy atom. The van der Waals surface area contributed by atoms with E-state index >= 15 is 0 Å². The third-order valence-corrected chi connectivity index (χ3v) is 5.24. The lowest BCUT2D eigenvalue weighted by molar-refractivity contribution is 0.250. The maximum absolute atomic E-state index is 6.70. The molecule has 1 saturated carbocycles. The first kappa shape index (κ1) is 13.9. The minimum Gasteiger partial charge on any atom is -0.122 e. The normalized spacial score (nSPS) is 24.2. The highest BCUT2D eigenvalue weighted by molar-refractivity contribution is 6.21. The highest BCUT2D eigenvalue weighted by Crippen LogP contribution is 2.46. The molecule has 0 heterocycles. The summed E-state index contributed by atoms with van der Waals surface area (Å²) in [6, 6.07) is 6.75. The highest BCUT2D eigenvalue weighted by Gasteiger charge is 2.38. The van der Waals surface area contributed by atoms with Crippen molar-refractivity contribution < 1.29 is 0 Å². The molecule has 2 rings (SSSR count). The maximum Gasteiger partial charge on any atom is 0.0409 e. The number of rotatable bonds is 3. The quantitative estimate of drug-likeness (QED) is 0.652. The second-order valence-electron chi connectivity index (χ2n) is 6.63. The lowest BCUT2D eigenvalue weighted by Crippen LogP contribution is -2.27. The van der Waals surface area contributed by atoms with Crippen LogP contribution in [0.1, 0.15) is 49.8 Å². The first-order valence-corrected chi connectivity index (χ1v) is 7.54. The van der Waals surface area contributed by atoms with E-state index in [1.807, 2.05) is 0 Å². The van der Waals surface area contributed by atoms with Crippen molar-refractivity contribution in [2.45, 2.75) is 58.8 Å². The monoisotopic (exact) mass is 264 g/mol. The molecule has 0 bridgehead atoms. The first-order chi connectivity index (χ1) is 8.40. The lowest BCUT2D eigenvalue weighted by atomic mass is 9.78. The van der Waals surface area contributed by atoms with Crippen molar-refractivity contribution in [2.75, 3.05) is 0 Å². The van der Waals surface area contributed by atoms with E-state index in [1.54, 1.807) is 0 Å². The second kappa shape index (κ2) is 5.25. The second-order valence-corrected chi connectivity index (χ2v) is 7.19. The van der Waals surface area contributed by atoms with Crippen LogP contribution in [0.5, 0.6) is 0 Å². The van der Waals surface area contributed by atoms with Crippen LogP contribution in [0.2, 0.25) is 0 Å². The summed E-state index contributed by atoms with van der Waals surface area (Å²) in [5.41, 5.74) is 4.56. The van der Waals surface area contributed by atoms with Gasteiger partial charge >= 0.3 is 0 Å². The van der Waals surface area contributed by atoms with Gasteiger partial charge in [-0.1, -0.05) is 38.5 Å². The third kappa shape index (κ3) is 2.91. The van der Waals surface area contributed by atoms with Crippen molar-refractivity contribution >= 4 is 11.6 Å². The summed E-state index contributed by atoms with van der Waals surface area (Å²) in [6.07, 6.45) is 4.98. The van der Waals surface area contributed by atoms with E-state index in [2.05, 4.69) is 45.9 Å². The van der Waals surface area contributed by atoms with Crippen molar-refractivity contribution in [3.8, 4) is 0 Å². The molecule has 0 saturated heterocycles. The number of hydrogen-bond donors (Lipinski definition) is 0. The van der Waals surface area contributed by atoms with Gasteiger partial charge in [0, 0.05) is 5.38 Å². The molecule has 1 heteroatoms. The van der Waals surface area contributed by atoms with Gasteiger partial charge in [-0.15, -0.1) is 11.6 Å². The fraction of sp³-hybridized carbons (Fsp3) is 0.647. The summed E-state index contributed by atoms with van der Waals surface area (Å²) in [5.74, 6) is 0.667. The van der Waals surface area contributed by atoms with Gasteiger partial charge in [0.15, 0.2) is 0 Å². The molecule has 2 atom stereocenters. The van der Waals surface area contributed by atoms with Crippen molar-refractivity contribution in [1.29, 1.82) is 0 Å². The Labute approximate surface area is 117 Å². The molecule has 1 aliphatic rings. The van der Waals surface area contributed by atoms with Crippen molar-refractivity contribution in [2.24, 2.45) is 11.3 Å². The van der Waals surface area contributed by atoms with Gasteiger partial charge in [0.2, 0.25) is 0 Å². The molecule has 1 aliphatic carbocycles. The van der Waals surface area contributed by atoms with Crippen LogP contribution >= 0.6 is 11.6 Å². The van der Waals surface area contributed by atoms with Gasteiger partial charge in [-0.3, -0.25) is 0 Å². The Kier molecular flexibility index (Phi) is 4.06. The predicted molar refractivity (Wildman–Crippen MR) is 80.4 cm³/mol. The van der Waals surface area contributed by atoms with Crippen LogP contribution in [0, 0.1) is 25.2 Å². The number of benzene rings is 1. The van der Waals surface area contributed by atoms with Gasteiger partial charge in [-0.25, -0.2) is 0 Å². The molecule has 0 aromatic heterocycles. The summed E-state index contributed by atoms with van der Waals surface area (Å²) in [7, 11) is 0. The van der Waals surface area contributed by atoms with Gasteiger partial charge in [-0.2, -0.15) is 0 Å². The number of halogens is 1. The zero-order valence-electron chi connectivity index (χ0n) is 12.1. The number of alkyl halides is 1. The van der Waals surface area contributed by atoms with Gasteiger partial charge in [0.1, 0.15) is 0 Å². The minimum atomic E-state index is 0.282. The average Bonchev–Trinajstić information content (AvgIpc) is 2.63. The predicted octanol–water partition coefficient (Wildman–Crippen LogP) is 5.28. The van der Waals surface area contributed by atoms with Crippen molar-refractivity contribution in [1.82, 2.24) is 0 Å². The van der Waals surface area contributed by atoms with Crippen LogP contribution < -0.4 is 0 Å². The van der Waals surface area contributed by atoms with Crippen LogP contribution in [-0.4, -0.2) is 5.38 Å². The molecular weight excluding hydrogens is 240 g/mol. The Morgan fingerprint density at radius 2 is 2.00 bits per heavy atom. The Morgan fingerprint density at radius 3 is 2.56 bits per heavy atom. The van der Waals surface area contributed by atoms with E-state index in [4.69, 9.17) is 11.6 Å². The molecule has 1 aromatic rings. The highest BCUT2D eigenvalue weighted by atomic mass is 35.5. The molecule has 2 unspecified atom stereocenters. The molecule has 1 aromatic carbocycles. The Balaban J connectivity index is 2.07. The first-order valence-electron chi connectivity index (χ1n) is 7.10. The van der Waals surface area contributed by atoms with E-state index in [1.165, 1.54) is 36.0 Å². The Hall–Kier alpha value is -0.490. The maximum atomic E-state index is 6.70. The third-order valence-electron chi connectivity index (χ3n) is 4.78. The summed E-state index contributed by atoms with van der Waals surface area (Å²) < 4.78 is 0. The van der Waals surface area contributed by atoms with Gasteiger partial charge in [-0.05, 0) is 61.1 Å². The largest absolute Gasteiger partial charge is 0.122 e. The van der Waals surface area contributed by atoms with E-state index in [9.17, 15) is 0 Å². The fourth-order valence-corrected chi connectivity index (χ4v) is 3.97. The van der Waals surface area contributed by atoms with Crippen LogP contribution in [0.25, 0.3) is 0 Å². The minimum absolute atomic E-state index is 0.282. The van der Waals surface area contributed by atoms with E-state index in [0.29, 0.717) is 11.3 Å². The summed E-state index contributed by atoms with van der Waals surface area (Å²) in [6.45, 7) is 9.10. The molecule has 0 amide bonds. The summed E-state index contributed by atoms with van der Waals surface area (Å²) >= 11 is 6.70. The molecule has 18 heavy (non-hydrogen) atoms. The zero-order valence-corrected chi connectivity index (χ0v) is 12.8. The summed E-state index contributed by atoms with van der Waals surface area (Å²) in [4.78, 5) is 0. The number of aryl methyl sites for hydroxylation is 2. The van der Waals surface area contributed by atoms with Crippen molar-refractivity contribution in [3.63, 3.8) is 0 Å². The fourth-order valence-electron chi connectivity index (χ4n) is 3.32. The molecule has 0 aliphatic heterocycles. The van der Waals surface area contributed by atoms with Gasteiger partial charge in [0.25, 0.3) is 0 Å². The van der Waals surface area contributed by atoms with Crippen LogP contribution in [0.3, 0.4) is 0 Å². The lowest BCUT2D eigenvalue weighted by Gasteiger charge is -2.31. The SMILES string of the molecule is Cc1ccc(CC(Cl)C2CCCC2(C)C)cc1C. The van der Waals surface area contributed by atoms with Crippen molar-refractivity contribution in [3.05, 3.63) is 34.9 Å². The molecule has 0 N–H and O–H groups in total. The van der Waals surface area contributed by atoms with Gasteiger partial charge < -0.3 is 0 Å². The Bertz CT molecular complexity index is 420. The number of hydrogen-bond acceptors (Lipinski definition) is 0. The topological polar surface area (TPSA) is 0 Å². The molecule has 0 nitrogen and oxygen atoms in total. The molecule has 1 fully saturated rings. The van der Waals surface area contributed by atoms with Crippen LogP contribution in [0.4, 0.5) is 0 Å². The summed E-state index contributed by atoms with van der Waals surface area (Å²) in [5, 5.41) is 0.282. The smallest absolute Gasteiger partial charge is 0.0409 e. The molecule has 0 spiro atoms. The van der Waals surface area contributed by atoms with E-state index in [0.717, 1.165) is 6.42 Å². The van der Waals surface area contributed by atoms with Gasteiger partial charge in [0.05, 0.1) is 0 Å². The van der Waals surface area contributed by atoms with Crippen LogP contribution in [0.15, 0.2) is 18.2 Å². The average molecular weight is 265 g/mol. The zero-order chi connectivity index (χ0) is 13.3. The standard InChI is InChI=1S/C17H25Cl/c1-12-7-8-14(10-13(12)2)11-16(18)15-6-5-9-17(15,3)4/h7-8,10,15-16H,5-6,9,11H2,1-4H3. The molecule has 100 valence electrons. The molecule has 0 radical (unpaired) electrons. The van der Waals surface area contributed by atoms with E-state index < -0.39 is 0 Å². The molecular formula is C17H25Cl. The van der Waals surface area contributed by atoms with E-state index in [-0.39, 0.29) is 5.38 Å². The van der Waals surface area contributed by atoms with Crippen LogP contribution in [-0.2, 0) is 6.42 Å².